The molecule has 1 aromatic heterocycles. The maximum absolute atomic E-state index is 13.3. The molecule has 2 heterocycles. The van der Waals surface area contributed by atoms with Gasteiger partial charge in [0.1, 0.15) is 10.6 Å². The topological polar surface area (TPSA) is 91.8 Å². The summed E-state index contributed by atoms with van der Waals surface area (Å²) in [5.74, 6) is 0.781. The van der Waals surface area contributed by atoms with Gasteiger partial charge in [0.2, 0.25) is 10.0 Å². The van der Waals surface area contributed by atoms with Crippen LogP contribution in [0.5, 0.6) is 5.75 Å². The molecule has 5 rings (SSSR count). The van der Waals surface area contributed by atoms with Crippen molar-refractivity contribution in [3.05, 3.63) is 84.6 Å². The number of aromatic nitrogens is 1. The second kappa shape index (κ2) is 10.4. The highest BCUT2D eigenvalue weighted by molar-refractivity contribution is 7.89. The number of amides is 1. The summed E-state index contributed by atoms with van der Waals surface area (Å²) in [7, 11) is -2.13. The lowest BCUT2D eigenvalue weighted by Gasteiger charge is -2.41. The number of ether oxygens (including phenoxy) is 1. The highest BCUT2D eigenvalue weighted by Crippen LogP contribution is 2.30. The molecule has 0 radical (unpaired) electrons. The van der Waals surface area contributed by atoms with E-state index in [1.165, 1.54) is 0 Å². The van der Waals surface area contributed by atoms with Crippen LogP contribution in [0.3, 0.4) is 0 Å². The SMILES string of the molecule is COc1ccccc1N1CCN(C(=O)C2=CCC(NS(=O)(=O)c3cccc4cccnc34)C=C2)C(C)C1. The van der Waals surface area contributed by atoms with E-state index in [-0.39, 0.29) is 16.8 Å². The summed E-state index contributed by atoms with van der Waals surface area (Å²) in [6.45, 7) is 4.04. The normalized spacial score (nSPS) is 20.1. The Morgan fingerprint density at radius 2 is 1.89 bits per heavy atom. The summed E-state index contributed by atoms with van der Waals surface area (Å²) >= 11 is 0. The van der Waals surface area contributed by atoms with E-state index in [9.17, 15) is 13.2 Å². The van der Waals surface area contributed by atoms with Gasteiger partial charge in [-0.2, -0.15) is 0 Å². The Labute approximate surface area is 217 Å². The fraction of sp³-hybridized carbons (Fsp3) is 0.286. The first-order valence-electron chi connectivity index (χ1n) is 12.3. The van der Waals surface area contributed by atoms with Gasteiger partial charge in [0.25, 0.3) is 5.91 Å². The number of hydrogen-bond donors (Lipinski definition) is 1. The average Bonchev–Trinajstić information content (AvgIpc) is 2.92. The number of pyridine rings is 1. The molecular weight excluding hydrogens is 488 g/mol. The third kappa shape index (κ3) is 5.10. The highest BCUT2D eigenvalue weighted by Gasteiger charge is 2.31. The summed E-state index contributed by atoms with van der Waals surface area (Å²) in [6, 6.07) is 16.2. The molecule has 1 fully saturated rings. The molecule has 1 aliphatic heterocycles. The number of piperazine rings is 1. The van der Waals surface area contributed by atoms with Crippen LogP contribution in [-0.2, 0) is 14.8 Å². The number of methoxy groups -OCH3 is 1. The van der Waals surface area contributed by atoms with Crippen LogP contribution in [0.25, 0.3) is 10.9 Å². The van der Waals surface area contributed by atoms with Crippen molar-refractivity contribution in [3.63, 3.8) is 0 Å². The molecule has 3 aromatic rings. The second-order valence-corrected chi connectivity index (χ2v) is 11.0. The summed E-state index contributed by atoms with van der Waals surface area (Å²) in [4.78, 5) is 21.8. The summed E-state index contributed by atoms with van der Waals surface area (Å²) in [5, 5.41) is 0.761. The summed E-state index contributed by atoms with van der Waals surface area (Å²) < 4.78 is 34.5. The molecule has 0 bridgehead atoms. The molecular formula is C28H30N4O4S. The number of carbonyl (C=O) groups excluding carboxylic acids is 1. The molecule has 2 atom stereocenters. The van der Waals surface area contributed by atoms with Crippen molar-refractivity contribution in [2.24, 2.45) is 0 Å². The smallest absolute Gasteiger partial charge is 0.253 e. The molecule has 1 amide bonds. The average molecular weight is 519 g/mol. The van der Waals surface area contributed by atoms with Gasteiger partial charge in [0.15, 0.2) is 0 Å². The molecule has 8 nitrogen and oxygen atoms in total. The third-order valence-electron chi connectivity index (χ3n) is 6.85. The van der Waals surface area contributed by atoms with Crippen LogP contribution in [0.1, 0.15) is 13.3 Å². The van der Waals surface area contributed by atoms with Gasteiger partial charge in [-0.3, -0.25) is 9.78 Å². The zero-order valence-corrected chi connectivity index (χ0v) is 21.7. The summed E-state index contributed by atoms with van der Waals surface area (Å²) in [6.07, 6.45) is 7.26. The van der Waals surface area contributed by atoms with E-state index in [4.69, 9.17) is 4.74 Å². The van der Waals surface area contributed by atoms with E-state index < -0.39 is 16.1 Å². The van der Waals surface area contributed by atoms with Crippen molar-refractivity contribution in [2.45, 2.75) is 30.3 Å². The molecule has 0 spiro atoms. The molecule has 1 saturated heterocycles. The van der Waals surface area contributed by atoms with Gasteiger partial charge in [-0.25, -0.2) is 13.1 Å². The molecule has 2 aliphatic rings. The molecule has 1 aliphatic carbocycles. The van der Waals surface area contributed by atoms with Crippen molar-refractivity contribution in [1.29, 1.82) is 0 Å². The minimum Gasteiger partial charge on any atom is -0.495 e. The van der Waals surface area contributed by atoms with Crippen molar-refractivity contribution in [2.75, 3.05) is 31.6 Å². The Balaban J connectivity index is 1.23. The monoisotopic (exact) mass is 518 g/mol. The minimum atomic E-state index is -3.80. The van der Waals surface area contributed by atoms with Crippen molar-refractivity contribution >= 4 is 32.5 Å². The Morgan fingerprint density at radius 1 is 1.08 bits per heavy atom. The molecule has 2 aromatic carbocycles. The lowest BCUT2D eigenvalue weighted by Crippen LogP contribution is -2.54. The van der Waals surface area contributed by atoms with Gasteiger partial charge in [0, 0.05) is 48.9 Å². The van der Waals surface area contributed by atoms with Crippen LogP contribution < -0.4 is 14.4 Å². The van der Waals surface area contributed by atoms with E-state index in [1.54, 1.807) is 43.7 Å². The van der Waals surface area contributed by atoms with E-state index in [0.29, 0.717) is 37.1 Å². The van der Waals surface area contributed by atoms with Crippen LogP contribution in [0.4, 0.5) is 5.69 Å². The van der Waals surface area contributed by atoms with Gasteiger partial charge >= 0.3 is 0 Å². The van der Waals surface area contributed by atoms with E-state index in [1.807, 2.05) is 54.3 Å². The van der Waals surface area contributed by atoms with Crippen LogP contribution >= 0.6 is 0 Å². The largest absolute Gasteiger partial charge is 0.495 e. The van der Waals surface area contributed by atoms with Crippen LogP contribution in [0, 0.1) is 0 Å². The number of anilines is 1. The van der Waals surface area contributed by atoms with Crippen molar-refractivity contribution < 1.29 is 17.9 Å². The number of sulfonamides is 1. The molecule has 192 valence electrons. The number of benzene rings is 2. The predicted octanol–water partition coefficient (Wildman–Crippen LogP) is 3.51. The zero-order valence-electron chi connectivity index (χ0n) is 20.9. The summed E-state index contributed by atoms with van der Waals surface area (Å²) in [5.41, 5.74) is 2.04. The maximum atomic E-state index is 13.3. The number of rotatable bonds is 6. The molecule has 0 saturated carbocycles. The Morgan fingerprint density at radius 3 is 2.65 bits per heavy atom. The number of para-hydroxylation sites is 3. The maximum Gasteiger partial charge on any atom is 0.253 e. The first-order chi connectivity index (χ1) is 17.9. The van der Waals surface area contributed by atoms with E-state index in [2.05, 4.69) is 14.6 Å². The number of hydrogen-bond acceptors (Lipinski definition) is 6. The van der Waals surface area contributed by atoms with Crippen LogP contribution in [0.2, 0.25) is 0 Å². The highest BCUT2D eigenvalue weighted by atomic mass is 32.2. The Bertz CT molecular complexity index is 1480. The van der Waals surface area contributed by atoms with Gasteiger partial charge in [0.05, 0.1) is 18.3 Å². The molecule has 2 unspecified atom stereocenters. The van der Waals surface area contributed by atoms with Crippen LogP contribution in [0.15, 0.2) is 89.5 Å². The number of nitrogens with one attached hydrogen (secondary N) is 1. The van der Waals surface area contributed by atoms with Gasteiger partial charge in [-0.1, -0.05) is 48.6 Å². The van der Waals surface area contributed by atoms with E-state index >= 15 is 0 Å². The molecule has 1 N–H and O–H groups in total. The van der Waals surface area contributed by atoms with Crippen LogP contribution in [-0.4, -0.2) is 63.0 Å². The number of fused-ring (bicyclic) bond motifs is 1. The Kier molecular flexibility index (Phi) is 6.99. The lowest BCUT2D eigenvalue weighted by molar-refractivity contribution is -0.129. The second-order valence-electron chi connectivity index (χ2n) is 9.28. The van der Waals surface area contributed by atoms with Gasteiger partial charge < -0.3 is 14.5 Å². The van der Waals surface area contributed by atoms with Crippen molar-refractivity contribution in [3.8, 4) is 5.75 Å². The minimum absolute atomic E-state index is 0.00977. The quantitative estimate of drug-likeness (QED) is 0.537. The lowest BCUT2D eigenvalue weighted by atomic mass is 10.0. The number of carbonyl (C=O) groups is 1. The first-order valence-corrected chi connectivity index (χ1v) is 13.8. The predicted molar refractivity (Wildman–Crippen MR) is 144 cm³/mol. The fourth-order valence-corrected chi connectivity index (χ4v) is 6.34. The van der Waals surface area contributed by atoms with Crippen molar-refractivity contribution in [1.82, 2.24) is 14.6 Å². The Hall–Kier alpha value is -3.69. The van der Waals surface area contributed by atoms with E-state index in [0.717, 1.165) is 16.8 Å². The first kappa shape index (κ1) is 25.0. The standard InChI is InChI=1S/C28H30N4O4S/c1-20-19-31(24-9-3-4-10-25(24)36-2)17-18-32(20)28(33)22-12-14-23(15-13-22)30-37(34,35)26-11-5-7-21-8-6-16-29-27(21)26/h3-14,16,20,23,30H,15,17-19H2,1-2H3. The third-order valence-corrected chi connectivity index (χ3v) is 8.37. The zero-order chi connectivity index (χ0) is 26.0. The van der Waals surface area contributed by atoms with Gasteiger partial charge in [-0.05, 0) is 37.6 Å². The fourth-order valence-electron chi connectivity index (χ4n) is 4.96. The molecule has 37 heavy (non-hydrogen) atoms. The number of nitrogens with zero attached hydrogens (tertiary/aromatic N) is 3. The molecule has 9 heteroatoms. The van der Waals surface area contributed by atoms with Gasteiger partial charge in [-0.15, -0.1) is 0 Å².